The summed E-state index contributed by atoms with van der Waals surface area (Å²) < 4.78 is 0. The van der Waals surface area contributed by atoms with Crippen molar-refractivity contribution in [2.24, 2.45) is 0 Å². The summed E-state index contributed by atoms with van der Waals surface area (Å²) in [4.78, 5) is 18.2. The number of nitrogens with zero attached hydrogens (tertiary/aromatic N) is 1. The maximum absolute atomic E-state index is 12.1. The van der Waals surface area contributed by atoms with Crippen molar-refractivity contribution in [3.63, 3.8) is 0 Å². The molecule has 0 atom stereocenters. The lowest BCUT2D eigenvalue weighted by molar-refractivity contribution is 0.0954. The molecule has 1 amide bonds. The van der Waals surface area contributed by atoms with E-state index in [1.807, 2.05) is 0 Å². The Hall–Kier alpha value is -1.10. The molecule has 3 rings (SSSR count). The number of hydrogen-bond acceptors (Lipinski definition) is 3. The standard InChI is InChI=1S/C16H16Cl2N2OS/c17-11-7-10(8-12(18)9-11)16(21)19-6-5-15-20-13-3-1-2-4-14(13)22-15/h7-9H,1-6H2,(H,19,21). The molecule has 22 heavy (non-hydrogen) atoms. The van der Waals surface area contributed by atoms with E-state index in [0.717, 1.165) is 24.3 Å². The molecule has 1 aromatic heterocycles. The van der Waals surface area contributed by atoms with Gasteiger partial charge in [-0.2, -0.15) is 0 Å². The molecule has 1 heterocycles. The predicted molar refractivity (Wildman–Crippen MR) is 91.3 cm³/mol. The Bertz CT molecular complexity index is 656. The number of benzene rings is 1. The van der Waals surface area contributed by atoms with E-state index in [0.29, 0.717) is 22.2 Å². The summed E-state index contributed by atoms with van der Waals surface area (Å²) in [7, 11) is 0. The third kappa shape index (κ3) is 3.80. The molecule has 0 aliphatic heterocycles. The second kappa shape index (κ2) is 6.99. The quantitative estimate of drug-likeness (QED) is 0.888. The smallest absolute Gasteiger partial charge is 0.251 e. The van der Waals surface area contributed by atoms with Gasteiger partial charge in [-0.3, -0.25) is 4.79 Å². The van der Waals surface area contributed by atoms with Gasteiger partial charge >= 0.3 is 0 Å². The largest absolute Gasteiger partial charge is 0.352 e. The summed E-state index contributed by atoms with van der Waals surface area (Å²) in [6.45, 7) is 0.565. The van der Waals surface area contributed by atoms with Crippen LogP contribution in [0.25, 0.3) is 0 Å². The first-order valence-corrected chi connectivity index (χ1v) is 8.91. The first-order chi connectivity index (χ1) is 10.6. The summed E-state index contributed by atoms with van der Waals surface area (Å²) >= 11 is 13.6. The molecule has 6 heteroatoms. The van der Waals surface area contributed by atoms with Gasteiger partial charge in [0.1, 0.15) is 0 Å². The maximum Gasteiger partial charge on any atom is 0.251 e. The lowest BCUT2D eigenvalue weighted by atomic mass is 10.0. The number of halogens is 2. The molecule has 0 spiro atoms. The first-order valence-electron chi connectivity index (χ1n) is 7.33. The zero-order valence-electron chi connectivity index (χ0n) is 12.0. The number of thiazole rings is 1. The van der Waals surface area contributed by atoms with Gasteiger partial charge in [-0.25, -0.2) is 4.98 Å². The van der Waals surface area contributed by atoms with Gasteiger partial charge in [0.2, 0.25) is 0 Å². The minimum Gasteiger partial charge on any atom is -0.352 e. The predicted octanol–water partition coefficient (Wildman–Crippen LogP) is 4.30. The van der Waals surface area contributed by atoms with E-state index in [1.165, 1.54) is 23.4 Å². The second-order valence-corrected chi connectivity index (χ2v) is 7.39. The zero-order chi connectivity index (χ0) is 15.5. The number of aryl methyl sites for hydroxylation is 2. The highest BCUT2D eigenvalue weighted by Gasteiger charge is 2.15. The Morgan fingerprint density at radius 3 is 2.64 bits per heavy atom. The van der Waals surface area contributed by atoms with Crippen LogP contribution < -0.4 is 5.32 Å². The Labute approximate surface area is 143 Å². The Morgan fingerprint density at radius 2 is 1.91 bits per heavy atom. The molecule has 0 radical (unpaired) electrons. The molecule has 0 unspecified atom stereocenters. The van der Waals surface area contributed by atoms with E-state index in [-0.39, 0.29) is 5.91 Å². The van der Waals surface area contributed by atoms with E-state index < -0.39 is 0 Å². The molecule has 0 fully saturated rings. The maximum atomic E-state index is 12.1. The van der Waals surface area contributed by atoms with Crippen molar-refractivity contribution in [1.82, 2.24) is 10.3 Å². The van der Waals surface area contributed by atoms with E-state index in [4.69, 9.17) is 23.2 Å². The molecular weight excluding hydrogens is 339 g/mol. The van der Waals surface area contributed by atoms with Gasteiger partial charge in [-0.05, 0) is 43.9 Å². The van der Waals surface area contributed by atoms with Crippen LogP contribution in [0.4, 0.5) is 0 Å². The highest BCUT2D eigenvalue weighted by atomic mass is 35.5. The second-order valence-electron chi connectivity index (χ2n) is 5.35. The van der Waals surface area contributed by atoms with Gasteiger partial charge in [0.15, 0.2) is 0 Å². The third-order valence-corrected chi connectivity index (χ3v) is 5.29. The van der Waals surface area contributed by atoms with Gasteiger partial charge in [0.25, 0.3) is 5.91 Å². The lowest BCUT2D eigenvalue weighted by Crippen LogP contribution is -2.25. The van der Waals surface area contributed by atoms with Crippen molar-refractivity contribution in [3.05, 3.63) is 49.4 Å². The Kier molecular flexibility index (Phi) is 5.01. The molecule has 1 N–H and O–H groups in total. The van der Waals surface area contributed by atoms with E-state index in [9.17, 15) is 4.79 Å². The fraction of sp³-hybridized carbons (Fsp3) is 0.375. The molecule has 1 aromatic carbocycles. The van der Waals surface area contributed by atoms with Crippen LogP contribution >= 0.6 is 34.5 Å². The van der Waals surface area contributed by atoms with Crippen LogP contribution in [0.3, 0.4) is 0 Å². The minimum atomic E-state index is -0.161. The average molecular weight is 355 g/mol. The van der Waals surface area contributed by atoms with Crippen LogP contribution in [0.5, 0.6) is 0 Å². The van der Waals surface area contributed by atoms with Crippen molar-refractivity contribution < 1.29 is 4.79 Å². The summed E-state index contributed by atoms with van der Waals surface area (Å²) in [5.74, 6) is -0.161. The molecule has 116 valence electrons. The topological polar surface area (TPSA) is 42.0 Å². The van der Waals surface area contributed by atoms with Crippen LogP contribution in [0.1, 0.15) is 38.8 Å². The van der Waals surface area contributed by atoms with Gasteiger partial charge in [0.05, 0.1) is 10.7 Å². The lowest BCUT2D eigenvalue weighted by Gasteiger charge is -2.06. The van der Waals surface area contributed by atoms with Crippen LogP contribution in [-0.4, -0.2) is 17.4 Å². The molecule has 2 aromatic rings. The van der Waals surface area contributed by atoms with E-state index in [1.54, 1.807) is 29.5 Å². The van der Waals surface area contributed by atoms with Crippen LogP contribution in [-0.2, 0) is 19.3 Å². The fourth-order valence-corrected chi connectivity index (χ4v) is 4.26. The van der Waals surface area contributed by atoms with Crippen LogP contribution in [0.2, 0.25) is 10.0 Å². The van der Waals surface area contributed by atoms with E-state index in [2.05, 4.69) is 10.3 Å². The average Bonchev–Trinajstić information content (AvgIpc) is 2.88. The normalized spacial score (nSPS) is 13.7. The third-order valence-electron chi connectivity index (χ3n) is 3.64. The highest BCUT2D eigenvalue weighted by Crippen LogP contribution is 2.26. The number of amides is 1. The summed E-state index contributed by atoms with van der Waals surface area (Å²) in [5, 5.41) is 4.93. The number of nitrogens with one attached hydrogen (secondary N) is 1. The van der Waals surface area contributed by atoms with Gasteiger partial charge in [0, 0.05) is 33.5 Å². The zero-order valence-corrected chi connectivity index (χ0v) is 14.3. The Balaban J connectivity index is 1.56. The number of aromatic nitrogens is 1. The van der Waals surface area contributed by atoms with Crippen LogP contribution in [0.15, 0.2) is 18.2 Å². The minimum absolute atomic E-state index is 0.161. The highest BCUT2D eigenvalue weighted by molar-refractivity contribution is 7.11. The molecule has 0 saturated heterocycles. The van der Waals surface area contributed by atoms with Gasteiger partial charge in [-0.1, -0.05) is 23.2 Å². The summed E-state index contributed by atoms with van der Waals surface area (Å²) in [6, 6.07) is 4.84. The number of carbonyl (C=O) groups is 1. The van der Waals surface area contributed by atoms with Crippen LogP contribution in [0, 0.1) is 0 Å². The van der Waals surface area contributed by atoms with Crippen molar-refractivity contribution in [1.29, 1.82) is 0 Å². The van der Waals surface area contributed by atoms with Gasteiger partial charge in [-0.15, -0.1) is 11.3 Å². The fourth-order valence-electron chi connectivity index (χ4n) is 2.58. The number of fused-ring (bicyclic) bond motifs is 1. The van der Waals surface area contributed by atoms with Crippen molar-refractivity contribution >= 4 is 40.4 Å². The number of hydrogen-bond donors (Lipinski definition) is 1. The number of rotatable bonds is 4. The molecule has 3 nitrogen and oxygen atoms in total. The van der Waals surface area contributed by atoms with Crippen molar-refractivity contribution in [2.45, 2.75) is 32.1 Å². The first kappa shape index (κ1) is 15.8. The monoisotopic (exact) mass is 354 g/mol. The Morgan fingerprint density at radius 1 is 1.18 bits per heavy atom. The van der Waals surface area contributed by atoms with Crippen molar-refractivity contribution in [2.75, 3.05) is 6.54 Å². The molecular formula is C16H16Cl2N2OS. The summed E-state index contributed by atoms with van der Waals surface area (Å²) in [6.07, 6.45) is 5.51. The van der Waals surface area contributed by atoms with Gasteiger partial charge < -0.3 is 5.32 Å². The molecule has 0 bridgehead atoms. The molecule has 1 aliphatic carbocycles. The van der Waals surface area contributed by atoms with Crippen molar-refractivity contribution in [3.8, 4) is 0 Å². The van der Waals surface area contributed by atoms with E-state index >= 15 is 0 Å². The summed E-state index contributed by atoms with van der Waals surface area (Å²) in [5.41, 5.74) is 1.75. The number of carbonyl (C=O) groups excluding carboxylic acids is 1. The SMILES string of the molecule is O=C(NCCc1nc2c(s1)CCCC2)c1cc(Cl)cc(Cl)c1. The molecule has 1 aliphatic rings. The molecule has 0 saturated carbocycles.